The van der Waals surface area contributed by atoms with Crippen molar-refractivity contribution in [2.75, 3.05) is 38.0 Å². The standard InChI is InChI=1S/C28H39N7O2.4ClH/c29-14-17-35(18-15-30)16-6-10-24(31)27(36)34-26(13-12-21-7-2-1-3-8-21)28(37)33-23-19-22-9-4-5-11-25(22)32-20-23;;;;/h1-5,7-9,11,19-20,24,26H,6,10,12-18,29-31H2,(H,33,37)(H,34,36);4*1H/p-4/t24-,26+;;;;/m0..../s1. The number of nitrogens with two attached hydrogens (primary N) is 3. The molecule has 0 spiro atoms. The number of anilines is 1. The Morgan fingerprint density at radius 1 is 0.829 bits per heavy atom. The molecular formula is C28H39Cl4N7O2-4. The van der Waals surface area contributed by atoms with Crippen molar-refractivity contribution in [2.24, 2.45) is 17.2 Å². The van der Waals surface area contributed by atoms with Gasteiger partial charge in [0.05, 0.1) is 23.4 Å². The lowest BCUT2D eigenvalue weighted by Gasteiger charge is -2.23. The summed E-state index contributed by atoms with van der Waals surface area (Å²) in [6, 6.07) is 18.0. The minimum Gasteiger partial charge on any atom is -1.00 e. The first-order valence-corrected chi connectivity index (χ1v) is 12.9. The number of carbonyl (C=O) groups excluding carboxylic acids is 2. The third kappa shape index (κ3) is 14.0. The molecule has 13 heteroatoms. The SMILES string of the molecule is NCCN(CCN)CCC[C@H](N)C(=O)N[C@H](CCc1ccccc1)C(=O)Nc1cnc2ccccc2c1.[Cl-].[Cl-].[Cl-].[Cl-]. The van der Waals surface area contributed by atoms with Crippen LogP contribution in [0, 0.1) is 0 Å². The Labute approximate surface area is 267 Å². The molecule has 2 aromatic carbocycles. The monoisotopic (exact) mass is 645 g/mol. The van der Waals surface area contributed by atoms with Gasteiger partial charge in [0.15, 0.2) is 0 Å². The summed E-state index contributed by atoms with van der Waals surface area (Å²) in [4.78, 5) is 32.8. The average molecular weight is 647 g/mol. The van der Waals surface area contributed by atoms with Gasteiger partial charge >= 0.3 is 0 Å². The van der Waals surface area contributed by atoms with Gasteiger partial charge in [-0.2, -0.15) is 0 Å². The van der Waals surface area contributed by atoms with E-state index in [0.717, 1.165) is 42.5 Å². The first-order chi connectivity index (χ1) is 18.0. The molecule has 0 saturated heterocycles. The van der Waals surface area contributed by atoms with Crippen molar-refractivity contribution in [3.8, 4) is 0 Å². The zero-order chi connectivity index (χ0) is 26.5. The summed E-state index contributed by atoms with van der Waals surface area (Å²) in [5, 5.41) is 6.72. The Morgan fingerprint density at radius 2 is 1.46 bits per heavy atom. The fourth-order valence-electron chi connectivity index (χ4n) is 4.24. The van der Waals surface area contributed by atoms with Gasteiger partial charge < -0.3 is 82.4 Å². The van der Waals surface area contributed by atoms with Crippen LogP contribution in [0.3, 0.4) is 0 Å². The summed E-state index contributed by atoms with van der Waals surface area (Å²) >= 11 is 0. The summed E-state index contributed by atoms with van der Waals surface area (Å²) < 4.78 is 0. The van der Waals surface area contributed by atoms with Crippen molar-refractivity contribution < 1.29 is 59.2 Å². The number of benzene rings is 2. The van der Waals surface area contributed by atoms with Crippen LogP contribution in [0.5, 0.6) is 0 Å². The lowest BCUT2D eigenvalue weighted by molar-refractivity contribution is -0.127. The van der Waals surface area contributed by atoms with Crippen LogP contribution in [0.4, 0.5) is 5.69 Å². The van der Waals surface area contributed by atoms with Crippen molar-refractivity contribution in [3.05, 3.63) is 72.4 Å². The van der Waals surface area contributed by atoms with Crippen LogP contribution >= 0.6 is 0 Å². The second kappa shape index (κ2) is 22.4. The summed E-state index contributed by atoms with van der Waals surface area (Å²) in [7, 11) is 0. The van der Waals surface area contributed by atoms with Crippen LogP contribution in [0.25, 0.3) is 10.9 Å². The summed E-state index contributed by atoms with van der Waals surface area (Å²) in [6.45, 7) is 3.38. The van der Waals surface area contributed by atoms with Crippen molar-refractivity contribution in [1.29, 1.82) is 0 Å². The minimum absolute atomic E-state index is 0. The van der Waals surface area contributed by atoms with E-state index < -0.39 is 12.1 Å². The number of hydrogen-bond acceptors (Lipinski definition) is 7. The fourth-order valence-corrected chi connectivity index (χ4v) is 4.24. The summed E-state index contributed by atoms with van der Waals surface area (Å²) in [6.07, 6.45) is 3.93. The van der Waals surface area contributed by atoms with Crippen LogP contribution in [0.1, 0.15) is 24.8 Å². The Balaban J connectivity index is 0. The average Bonchev–Trinajstić information content (AvgIpc) is 2.91. The molecule has 0 unspecified atom stereocenters. The number of halogens is 4. The lowest BCUT2D eigenvalue weighted by atomic mass is 10.0. The van der Waals surface area contributed by atoms with Crippen LogP contribution in [0.15, 0.2) is 66.9 Å². The summed E-state index contributed by atoms with van der Waals surface area (Å²) in [5.74, 6) is -0.639. The van der Waals surface area contributed by atoms with E-state index in [9.17, 15) is 9.59 Å². The maximum absolute atomic E-state index is 13.3. The largest absolute Gasteiger partial charge is 1.00 e. The first kappa shape index (κ1) is 40.9. The molecule has 0 aliphatic rings. The Morgan fingerprint density at radius 3 is 2.12 bits per heavy atom. The number of amides is 2. The molecule has 2 atom stereocenters. The number of hydrogen-bond donors (Lipinski definition) is 5. The lowest BCUT2D eigenvalue weighted by Crippen LogP contribution is -3.00. The molecule has 0 saturated carbocycles. The maximum Gasteiger partial charge on any atom is 0.247 e. The third-order valence-corrected chi connectivity index (χ3v) is 6.27. The number of fused-ring (bicyclic) bond motifs is 1. The Bertz CT molecular complexity index is 1140. The minimum atomic E-state index is -0.740. The molecule has 0 bridgehead atoms. The first-order valence-electron chi connectivity index (χ1n) is 12.9. The number of carbonyl (C=O) groups is 2. The van der Waals surface area contributed by atoms with Crippen molar-refractivity contribution >= 4 is 28.4 Å². The number of nitrogens with one attached hydrogen (secondary N) is 2. The molecule has 8 N–H and O–H groups in total. The molecule has 1 heterocycles. The molecule has 41 heavy (non-hydrogen) atoms. The number of aromatic nitrogens is 1. The van der Waals surface area contributed by atoms with Gasteiger partial charge in [0.2, 0.25) is 11.8 Å². The van der Waals surface area contributed by atoms with Gasteiger partial charge in [0.1, 0.15) is 6.04 Å². The normalized spacial score (nSPS) is 11.6. The molecule has 0 fully saturated rings. The van der Waals surface area contributed by atoms with E-state index in [4.69, 9.17) is 17.2 Å². The smallest absolute Gasteiger partial charge is 0.247 e. The maximum atomic E-state index is 13.3. The van der Waals surface area contributed by atoms with E-state index in [-0.39, 0.29) is 61.4 Å². The van der Waals surface area contributed by atoms with Crippen molar-refractivity contribution in [1.82, 2.24) is 15.2 Å². The van der Waals surface area contributed by atoms with Crippen LogP contribution < -0.4 is 77.5 Å². The number of aryl methyl sites for hydroxylation is 1. The molecule has 3 aromatic rings. The van der Waals surface area contributed by atoms with Gasteiger partial charge in [-0.1, -0.05) is 48.5 Å². The van der Waals surface area contributed by atoms with E-state index >= 15 is 0 Å². The highest BCUT2D eigenvalue weighted by atomic mass is 35.5. The Kier molecular flexibility index (Phi) is 22.4. The quantitative estimate of drug-likeness (QED) is 0.110. The zero-order valence-corrected chi connectivity index (χ0v) is 25.8. The molecular weight excluding hydrogens is 608 g/mol. The second-order valence-electron chi connectivity index (χ2n) is 9.16. The summed E-state index contributed by atoms with van der Waals surface area (Å²) in [5.41, 5.74) is 20.0. The van der Waals surface area contributed by atoms with Crippen molar-refractivity contribution in [3.63, 3.8) is 0 Å². The fraction of sp³-hybridized carbons (Fsp3) is 0.393. The van der Waals surface area contributed by atoms with Gasteiger partial charge in [-0.05, 0) is 49.9 Å². The van der Waals surface area contributed by atoms with Gasteiger partial charge in [-0.25, -0.2) is 0 Å². The van der Waals surface area contributed by atoms with E-state index in [2.05, 4.69) is 20.5 Å². The zero-order valence-electron chi connectivity index (χ0n) is 22.8. The van der Waals surface area contributed by atoms with E-state index in [1.807, 2.05) is 60.7 Å². The van der Waals surface area contributed by atoms with Gasteiger partial charge in [0, 0.05) is 31.6 Å². The second-order valence-corrected chi connectivity index (χ2v) is 9.16. The molecule has 0 radical (unpaired) electrons. The van der Waals surface area contributed by atoms with Crippen LogP contribution in [0.2, 0.25) is 0 Å². The highest BCUT2D eigenvalue weighted by molar-refractivity contribution is 5.98. The molecule has 9 nitrogen and oxygen atoms in total. The predicted molar refractivity (Wildman–Crippen MR) is 149 cm³/mol. The topological polar surface area (TPSA) is 152 Å². The van der Waals surface area contributed by atoms with Crippen LogP contribution in [-0.4, -0.2) is 66.5 Å². The van der Waals surface area contributed by atoms with E-state index in [1.54, 1.807) is 6.20 Å². The van der Waals surface area contributed by atoms with Crippen molar-refractivity contribution in [2.45, 2.75) is 37.8 Å². The Hall–Kier alpha value is -2.21. The number of rotatable bonds is 15. The predicted octanol–water partition coefficient (Wildman–Crippen LogP) is -10.4. The number of para-hydroxylation sites is 1. The molecule has 2 amide bonds. The highest BCUT2D eigenvalue weighted by Gasteiger charge is 2.24. The van der Waals surface area contributed by atoms with E-state index in [0.29, 0.717) is 38.0 Å². The number of nitrogens with zero attached hydrogens (tertiary/aromatic N) is 2. The molecule has 0 aliphatic carbocycles. The number of pyridine rings is 1. The molecule has 1 aromatic heterocycles. The third-order valence-electron chi connectivity index (χ3n) is 6.27. The van der Waals surface area contributed by atoms with Gasteiger partial charge in [-0.3, -0.25) is 14.6 Å². The van der Waals surface area contributed by atoms with Gasteiger partial charge in [0.25, 0.3) is 0 Å². The van der Waals surface area contributed by atoms with Crippen LogP contribution in [-0.2, 0) is 16.0 Å². The molecule has 230 valence electrons. The highest BCUT2D eigenvalue weighted by Crippen LogP contribution is 2.17. The van der Waals surface area contributed by atoms with E-state index in [1.165, 1.54) is 0 Å². The molecule has 3 rings (SSSR count). The molecule has 0 aliphatic heterocycles. The van der Waals surface area contributed by atoms with Gasteiger partial charge in [-0.15, -0.1) is 0 Å².